The number of pyridine rings is 1. The summed E-state index contributed by atoms with van der Waals surface area (Å²) >= 11 is 3.48. The van der Waals surface area contributed by atoms with E-state index >= 15 is 0 Å². The maximum absolute atomic E-state index is 5.89. The van der Waals surface area contributed by atoms with Gasteiger partial charge in [-0.3, -0.25) is 4.98 Å². The minimum Gasteiger partial charge on any atom is -0.489 e. The predicted molar refractivity (Wildman–Crippen MR) is 88.1 cm³/mol. The smallest absolute Gasteiger partial charge is 0.120 e. The van der Waals surface area contributed by atoms with Gasteiger partial charge in [-0.25, -0.2) is 0 Å². The molecule has 0 spiro atoms. The molecule has 0 aliphatic carbocycles. The average Bonchev–Trinajstić information content (AvgIpc) is 2.54. The number of benzene rings is 2. The van der Waals surface area contributed by atoms with Crippen molar-refractivity contribution < 1.29 is 4.74 Å². The molecule has 4 heteroatoms. The minimum atomic E-state index is 0.482. The van der Waals surface area contributed by atoms with Crippen LogP contribution in [0.3, 0.4) is 0 Å². The highest BCUT2D eigenvalue weighted by atomic mass is 79.9. The largest absolute Gasteiger partial charge is 0.489 e. The van der Waals surface area contributed by atoms with Gasteiger partial charge in [-0.05, 0) is 35.9 Å². The van der Waals surface area contributed by atoms with Crippen LogP contribution >= 0.6 is 15.9 Å². The molecule has 0 fully saturated rings. The first kappa shape index (κ1) is 14.0. The van der Waals surface area contributed by atoms with Crippen molar-refractivity contribution in [1.29, 1.82) is 0 Å². The molecule has 3 nitrogen and oxygen atoms in total. The molecule has 0 aliphatic rings. The second-order valence-electron chi connectivity index (χ2n) is 4.73. The van der Waals surface area contributed by atoms with Gasteiger partial charge in [0.1, 0.15) is 12.4 Å². The number of fused-ring (bicyclic) bond motifs is 1. The van der Waals surface area contributed by atoms with E-state index in [-0.39, 0.29) is 0 Å². The van der Waals surface area contributed by atoms with E-state index in [0.717, 1.165) is 32.3 Å². The quantitative estimate of drug-likeness (QED) is 0.778. The van der Waals surface area contributed by atoms with E-state index in [1.165, 1.54) is 0 Å². The first-order valence-corrected chi connectivity index (χ1v) is 7.51. The molecule has 2 aromatic carbocycles. The van der Waals surface area contributed by atoms with Crippen molar-refractivity contribution in [3.63, 3.8) is 0 Å². The molecule has 3 aromatic rings. The van der Waals surface area contributed by atoms with Gasteiger partial charge in [0.25, 0.3) is 0 Å². The molecule has 3 rings (SSSR count). The van der Waals surface area contributed by atoms with Gasteiger partial charge in [0.15, 0.2) is 0 Å². The van der Waals surface area contributed by atoms with Crippen LogP contribution in [0.25, 0.3) is 10.9 Å². The summed E-state index contributed by atoms with van der Waals surface area (Å²) in [6.07, 6.45) is 1.81. The number of nitrogens with two attached hydrogens (primary N) is 1. The number of hydrogen-bond acceptors (Lipinski definition) is 3. The van der Waals surface area contributed by atoms with Crippen LogP contribution in [0.2, 0.25) is 0 Å². The molecule has 0 amide bonds. The lowest BCUT2D eigenvalue weighted by molar-refractivity contribution is 0.307. The predicted octanol–water partition coefficient (Wildman–Crippen LogP) is 4.04. The van der Waals surface area contributed by atoms with Crippen LogP contribution in [0.4, 0.5) is 0 Å². The zero-order valence-electron chi connectivity index (χ0n) is 11.4. The number of ether oxygens (including phenoxy) is 1. The number of hydrogen-bond donors (Lipinski definition) is 1. The Hall–Kier alpha value is -1.91. The minimum absolute atomic E-state index is 0.482. The van der Waals surface area contributed by atoms with E-state index in [4.69, 9.17) is 10.5 Å². The van der Waals surface area contributed by atoms with E-state index in [1.54, 1.807) is 0 Å². The normalized spacial score (nSPS) is 10.8. The number of rotatable bonds is 4. The fourth-order valence-corrected chi connectivity index (χ4v) is 2.65. The lowest BCUT2D eigenvalue weighted by Gasteiger charge is -2.10. The Morgan fingerprint density at radius 1 is 1.05 bits per heavy atom. The van der Waals surface area contributed by atoms with E-state index in [2.05, 4.69) is 27.0 Å². The zero-order valence-corrected chi connectivity index (χ0v) is 13.0. The van der Waals surface area contributed by atoms with E-state index in [9.17, 15) is 0 Å². The molecule has 2 N–H and O–H groups in total. The van der Waals surface area contributed by atoms with Crippen LogP contribution in [0.5, 0.6) is 5.75 Å². The van der Waals surface area contributed by atoms with Gasteiger partial charge >= 0.3 is 0 Å². The molecular weight excluding hydrogens is 328 g/mol. The lowest BCUT2D eigenvalue weighted by atomic mass is 10.1. The van der Waals surface area contributed by atoms with Crippen LogP contribution in [-0.2, 0) is 13.2 Å². The van der Waals surface area contributed by atoms with Crippen molar-refractivity contribution in [2.75, 3.05) is 0 Å². The van der Waals surface area contributed by atoms with Crippen LogP contribution < -0.4 is 10.5 Å². The second-order valence-corrected chi connectivity index (χ2v) is 5.59. The Morgan fingerprint density at radius 3 is 2.76 bits per heavy atom. The highest BCUT2D eigenvalue weighted by Gasteiger charge is 2.04. The van der Waals surface area contributed by atoms with Gasteiger partial charge in [0.2, 0.25) is 0 Å². The maximum Gasteiger partial charge on any atom is 0.120 e. The molecule has 106 valence electrons. The van der Waals surface area contributed by atoms with Gasteiger partial charge in [0.05, 0.1) is 5.52 Å². The van der Waals surface area contributed by atoms with Gasteiger partial charge in [0, 0.05) is 28.2 Å². The average molecular weight is 343 g/mol. The molecule has 0 bridgehead atoms. The molecule has 1 aromatic heterocycles. The molecule has 0 atom stereocenters. The third-order valence-electron chi connectivity index (χ3n) is 3.37. The summed E-state index contributed by atoms with van der Waals surface area (Å²) in [5.74, 6) is 0.819. The summed E-state index contributed by atoms with van der Waals surface area (Å²) in [4.78, 5) is 4.36. The van der Waals surface area contributed by atoms with Crippen molar-refractivity contribution in [3.8, 4) is 5.75 Å². The van der Waals surface area contributed by atoms with Crippen molar-refractivity contribution in [2.45, 2.75) is 13.2 Å². The molecule has 0 unspecified atom stereocenters. The summed E-state index contributed by atoms with van der Waals surface area (Å²) < 4.78 is 6.90. The fourth-order valence-electron chi connectivity index (χ4n) is 2.24. The number of halogens is 1. The van der Waals surface area contributed by atoms with E-state index < -0.39 is 0 Å². The third-order valence-corrected chi connectivity index (χ3v) is 4.14. The second kappa shape index (κ2) is 6.24. The SMILES string of the molecule is NCc1cc(OCc2ccnc3ccccc23)ccc1Br. The molecule has 0 radical (unpaired) electrons. The van der Waals surface area contributed by atoms with Crippen molar-refractivity contribution >= 4 is 26.8 Å². The highest BCUT2D eigenvalue weighted by molar-refractivity contribution is 9.10. The van der Waals surface area contributed by atoms with Crippen molar-refractivity contribution in [3.05, 3.63) is 70.3 Å². The molecule has 1 heterocycles. The topological polar surface area (TPSA) is 48.1 Å². The summed E-state index contributed by atoms with van der Waals surface area (Å²) in [7, 11) is 0. The Bertz CT molecular complexity index is 768. The molecule has 21 heavy (non-hydrogen) atoms. The van der Waals surface area contributed by atoms with Gasteiger partial charge in [-0.1, -0.05) is 34.1 Å². The lowest BCUT2D eigenvalue weighted by Crippen LogP contribution is -2.00. The Balaban J connectivity index is 1.83. The summed E-state index contributed by atoms with van der Waals surface area (Å²) in [5, 5.41) is 1.12. The van der Waals surface area contributed by atoms with Crippen molar-refractivity contribution in [2.24, 2.45) is 5.73 Å². The number of nitrogens with zero attached hydrogens (tertiary/aromatic N) is 1. The summed E-state index contributed by atoms with van der Waals surface area (Å²) in [5.41, 5.74) is 8.85. The zero-order chi connectivity index (χ0) is 14.7. The molecule has 0 aliphatic heterocycles. The maximum atomic E-state index is 5.89. The fraction of sp³-hybridized carbons (Fsp3) is 0.118. The third kappa shape index (κ3) is 3.06. The van der Waals surface area contributed by atoms with Gasteiger partial charge in [-0.2, -0.15) is 0 Å². The first-order valence-electron chi connectivity index (χ1n) is 6.72. The van der Waals surface area contributed by atoms with Crippen LogP contribution in [0.15, 0.2) is 59.2 Å². The monoisotopic (exact) mass is 342 g/mol. The highest BCUT2D eigenvalue weighted by Crippen LogP contribution is 2.24. The Labute approximate surface area is 131 Å². The molecule has 0 saturated heterocycles. The number of aromatic nitrogens is 1. The Morgan fingerprint density at radius 2 is 1.90 bits per heavy atom. The van der Waals surface area contributed by atoms with Gasteiger partial charge in [-0.15, -0.1) is 0 Å². The van der Waals surface area contributed by atoms with Crippen molar-refractivity contribution in [1.82, 2.24) is 4.98 Å². The van der Waals surface area contributed by atoms with E-state index in [1.807, 2.05) is 48.7 Å². The van der Waals surface area contributed by atoms with Crippen LogP contribution in [0.1, 0.15) is 11.1 Å². The Kier molecular flexibility index (Phi) is 4.18. The summed E-state index contributed by atoms with van der Waals surface area (Å²) in [6.45, 7) is 0.991. The molecular formula is C17H15BrN2O. The summed E-state index contributed by atoms with van der Waals surface area (Å²) in [6, 6.07) is 15.9. The van der Waals surface area contributed by atoms with Crippen LogP contribution in [-0.4, -0.2) is 4.98 Å². The first-order chi connectivity index (χ1) is 10.3. The standard InChI is InChI=1S/C17H15BrN2O/c18-16-6-5-14(9-13(16)10-19)21-11-12-7-8-20-17-4-2-1-3-15(12)17/h1-9H,10-11,19H2. The molecule has 0 saturated carbocycles. The van der Waals surface area contributed by atoms with Crippen LogP contribution in [0, 0.1) is 0 Å². The van der Waals surface area contributed by atoms with Gasteiger partial charge < -0.3 is 10.5 Å². The van der Waals surface area contributed by atoms with E-state index in [0.29, 0.717) is 13.2 Å². The number of para-hydroxylation sites is 1.